The van der Waals surface area contributed by atoms with Crippen LogP contribution in [0, 0.1) is 17.3 Å². The SMILES string of the molecule is CC1CCCCC1CNC(=O)NC(=O)CC(C)(C)C(=O)O. The van der Waals surface area contributed by atoms with Gasteiger partial charge in [0.2, 0.25) is 5.91 Å². The van der Waals surface area contributed by atoms with Crippen molar-refractivity contribution in [3.63, 3.8) is 0 Å². The molecule has 1 aliphatic carbocycles. The van der Waals surface area contributed by atoms with Crippen LogP contribution in [0.2, 0.25) is 0 Å². The Bertz CT molecular complexity index is 406. The summed E-state index contributed by atoms with van der Waals surface area (Å²) in [6, 6.07) is -0.543. The number of rotatable bonds is 5. The second kappa shape index (κ2) is 7.43. The Morgan fingerprint density at radius 1 is 1.19 bits per heavy atom. The lowest BCUT2D eigenvalue weighted by atomic mass is 9.80. The maximum Gasteiger partial charge on any atom is 0.321 e. The first-order valence-electron chi connectivity index (χ1n) is 7.53. The maximum absolute atomic E-state index is 11.7. The van der Waals surface area contributed by atoms with Crippen molar-refractivity contribution in [3.8, 4) is 0 Å². The lowest BCUT2D eigenvalue weighted by molar-refractivity contribution is -0.149. The summed E-state index contributed by atoms with van der Waals surface area (Å²) in [5.41, 5.74) is -1.18. The normalized spacial score (nSPS) is 22.4. The van der Waals surface area contributed by atoms with E-state index in [1.165, 1.54) is 33.1 Å². The average Bonchev–Trinajstić information content (AvgIpc) is 2.36. The number of carboxylic acids is 1. The molecule has 3 N–H and O–H groups in total. The molecule has 0 aromatic rings. The van der Waals surface area contributed by atoms with Crippen LogP contribution in [0.1, 0.15) is 52.9 Å². The second-order valence-corrected chi connectivity index (χ2v) is 6.65. The summed E-state index contributed by atoms with van der Waals surface area (Å²) in [5.74, 6) is -0.596. The first-order chi connectivity index (χ1) is 9.72. The third kappa shape index (κ3) is 5.73. The molecule has 1 saturated carbocycles. The molecule has 1 aliphatic rings. The fourth-order valence-corrected chi connectivity index (χ4v) is 2.61. The van der Waals surface area contributed by atoms with Gasteiger partial charge in [0.15, 0.2) is 0 Å². The first kappa shape index (κ1) is 17.5. The van der Waals surface area contributed by atoms with Crippen LogP contribution in [-0.2, 0) is 9.59 Å². The van der Waals surface area contributed by atoms with E-state index >= 15 is 0 Å². The molecule has 6 nitrogen and oxygen atoms in total. The molecule has 0 radical (unpaired) electrons. The highest BCUT2D eigenvalue weighted by molar-refractivity contribution is 5.96. The van der Waals surface area contributed by atoms with Gasteiger partial charge in [-0.25, -0.2) is 4.79 Å². The topological polar surface area (TPSA) is 95.5 Å². The van der Waals surface area contributed by atoms with E-state index in [0.717, 1.165) is 6.42 Å². The largest absolute Gasteiger partial charge is 0.481 e. The van der Waals surface area contributed by atoms with Crippen LogP contribution in [0.5, 0.6) is 0 Å². The summed E-state index contributed by atoms with van der Waals surface area (Å²) in [6.07, 6.45) is 4.48. The summed E-state index contributed by atoms with van der Waals surface area (Å²) in [7, 11) is 0. The summed E-state index contributed by atoms with van der Waals surface area (Å²) in [5, 5.41) is 13.8. The molecule has 0 aromatic carbocycles. The molecular formula is C15H26N2O4. The van der Waals surface area contributed by atoms with Gasteiger partial charge < -0.3 is 10.4 Å². The van der Waals surface area contributed by atoms with Crippen molar-refractivity contribution >= 4 is 17.9 Å². The van der Waals surface area contributed by atoms with Crippen molar-refractivity contribution in [2.75, 3.05) is 6.54 Å². The molecule has 2 unspecified atom stereocenters. The molecule has 0 bridgehead atoms. The number of aliphatic carboxylic acids is 1. The molecule has 3 amide bonds. The zero-order valence-corrected chi connectivity index (χ0v) is 13.1. The van der Waals surface area contributed by atoms with Gasteiger partial charge in [0, 0.05) is 13.0 Å². The lowest BCUT2D eigenvalue weighted by Gasteiger charge is -2.28. The molecule has 0 aliphatic heterocycles. The van der Waals surface area contributed by atoms with Gasteiger partial charge in [-0.15, -0.1) is 0 Å². The number of urea groups is 1. The van der Waals surface area contributed by atoms with Crippen molar-refractivity contribution in [2.24, 2.45) is 17.3 Å². The van der Waals surface area contributed by atoms with E-state index in [1.54, 1.807) is 0 Å². The molecule has 120 valence electrons. The van der Waals surface area contributed by atoms with E-state index in [2.05, 4.69) is 17.6 Å². The van der Waals surface area contributed by atoms with Crippen molar-refractivity contribution < 1.29 is 19.5 Å². The predicted molar refractivity (Wildman–Crippen MR) is 78.7 cm³/mol. The number of hydrogen-bond acceptors (Lipinski definition) is 3. The molecule has 6 heteroatoms. The van der Waals surface area contributed by atoms with Gasteiger partial charge >= 0.3 is 12.0 Å². The van der Waals surface area contributed by atoms with Crippen molar-refractivity contribution in [1.29, 1.82) is 0 Å². The number of nitrogens with one attached hydrogen (secondary N) is 2. The van der Waals surface area contributed by atoms with Gasteiger partial charge in [0.1, 0.15) is 0 Å². The molecule has 0 aromatic heterocycles. The van der Waals surface area contributed by atoms with Gasteiger partial charge in [0.25, 0.3) is 0 Å². The number of carbonyl (C=O) groups is 3. The van der Waals surface area contributed by atoms with Crippen molar-refractivity contribution in [1.82, 2.24) is 10.6 Å². The van der Waals surface area contributed by atoms with E-state index < -0.39 is 23.3 Å². The zero-order chi connectivity index (χ0) is 16.0. The van der Waals surface area contributed by atoms with Gasteiger partial charge in [-0.2, -0.15) is 0 Å². The lowest BCUT2D eigenvalue weighted by Crippen LogP contribution is -2.44. The second-order valence-electron chi connectivity index (χ2n) is 6.65. The minimum atomic E-state index is -1.18. The first-order valence-corrected chi connectivity index (χ1v) is 7.53. The van der Waals surface area contributed by atoms with E-state index in [9.17, 15) is 14.4 Å². The third-order valence-electron chi connectivity index (χ3n) is 4.25. The zero-order valence-electron chi connectivity index (χ0n) is 13.1. The summed E-state index contributed by atoms with van der Waals surface area (Å²) >= 11 is 0. The number of amides is 3. The van der Waals surface area contributed by atoms with Crippen LogP contribution < -0.4 is 10.6 Å². The Morgan fingerprint density at radius 3 is 2.38 bits per heavy atom. The molecular weight excluding hydrogens is 272 g/mol. The minimum Gasteiger partial charge on any atom is -0.481 e. The highest BCUT2D eigenvalue weighted by Crippen LogP contribution is 2.28. The molecule has 0 heterocycles. The summed E-state index contributed by atoms with van der Waals surface area (Å²) in [6.45, 7) is 5.65. The van der Waals surface area contributed by atoms with E-state index in [0.29, 0.717) is 18.4 Å². The Balaban J connectivity index is 2.33. The van der Waals surface area contributed by atoms with Crippen LogP contribution >= 0.6 is 0 Å². The smallest absolute Gasteiger partial charge is 0.321 e. The fraction of sp³-hybridized carbons (Fsp3) is 0.800. The monoisotopic (exact) mass is 298 g/mol. The molecule has 1 fully saturated rings. The quantitative estimate of drug-likeness (QED) is 0.724. The van der Waals surface area contributed by atoms with E-state index in [4.69, 9.17) is 5.11 Å². The van der Waals surface area contributed by atoms with Crippen LogP contribution in [-0.4, -0.2) is 29.6 Å². The maximum atomic E-state index is 11.7. The Hall–Kier alpha value is -1.59. The van der Waals surface area contributed by atoms with Gasteiger partial charge in [-0.05, 0) is 32.1 Å². The molecule has 21 heavy (non-hydrogen) atoms. The Kier molecular flexibility index (Phi) is 6.18. The van der Waals surface area contributed by atoms with Gasteiger partial charge in [-0.1, -0.05) is 26.2 Å². The molecule has 2 atom stereocenters. The molecule has 1 rings (SSSR count). The van der Waals surface area contributed by atoms with Crippen molar-refractivity contribution in [3.05, 3.63) is 0 Å². The summed E-state index contributed by atoms with van der Waals surface area (Å²) < 4.78 is 0. The Labute approximate surface area is 125 Å². The Morgan fingerprint density at radius 2 is 1.81 bits per heavy atom. The van der Waals surface area contributed by atoms with Crippen LogP contribution in [0.25, 0.3) is 0 Å². The number of hydrogen-bond donors (Lipinski definition) is 3. The molecule has 0 saturated heterocycles. The third-order valence-corrected chi connectivity index (χ3v) is 4.25. The van der Waals surface area contributed by atoms with E-state index in [-0.39, 0.29) is 6.42 Å². The predicted octanol–water partition coefficient (Wildman–Crippen LogP) is 2.14. The number of imide groups is 1. The van der Waals surface area contributed by atoms with Crippen LogP contribution in [0.3, 0.4) is 0 Å². The fourth-order valence-electron chi connectivity index (χ4n) is 2.61. The van der Waals surface area contributed by atoms with Gasteiger partial charge in [-0.3, -0.25) is 14.9 Å². The van der Waals surface area contributed by atoms with Gasteiger partial charge in [0.05, 0.1) is 5.41 Å². The average molecular weight is 298 g/mol. The minimum absolute atomic E-state index is 0.227. The molecule has 0 spiro atoms. The summed E-state index contributed by atoms with van der Waals surface area (Å²) in [4.78, 5) is 34.3. The van der Waals surface area contributed by atoms with Crippen molar-refractivity contribution in [2.45, 2.75) is 52.9 Å². The number of carbonyl (C=O) groups excluding carboxylic acids is 2. The van der Waals surface area contributed by atoms with Crippen LogP contribution in [0.15, 0.2) is 0 Å². The highest BCUT2D eigenvalue weighted by Gasteiger charge is 2.30. The van der Waals surface area contributed by atoms with Crippen LogP contribution in [0.4, 0.5) is 4.79 Å². The number of carboxylic acid groups (broad SMARTS) is 1. The standard InChI is InChI=1S/C15H26N2O4/c1-10-6-4-5-7-11(10)9-16-14(21)17-12(18)8-15(2,3)13(19)20/h10-11H,4-9H2,1-3H3,(H,19,20)(H2,16,17,18,21). The van der Waals surface area contributed by atoms with E-state index in [1.807, 2.05) is 0 Å². The highest BCUT2D eigenvalue weighted by atomic mass is 16.4.